The SMILES string of the molecule is O=C(O)C1CCN(C(=O)c2ccc(I)cc2)C1. The molecule has 1 fully saturated rings. The summed E-state index contributed by atoms with van der Waals surface area (Å²) in [7, 11) is 0. The van der Waals surface area contributed by atoms with E-state index in [1.807, 2.05) is 12.1 Å². The maximum absolute atomic E-state index is 12.1. The van der Waals surface area contributed by atoms with Gasteiger partial charge in [0, 0.05) is 22.2 Å². The van der Waals surface area contributed by atoms with E-state index < -0.39 is 11.9 Å². The van der Waals surface area contributed by atoms with E-state index in [1.54, 1.807) is 17.0 Å². The topological polar surface area (TPSA) is 57.6 Å². The molecule has 1 aliphatic heterocycles. The van der Waals surface area contributed by atoms with Crippen LogP contribution < -0.4 is 0 Å². The summed E-state index contributed by atoms with van der Waals surface area (Å²) >= 11 is 2.18. The van der Waals surface area contributed by atoms with Gasteiger partial charge in [-0.1, -0.05) is 0 Å². The summed E-state index contributed by atoms with van der Waals surface area (Å²) in [5.74, 6) is -1.31. The Labute approximate surface area is 113 Å². The van der Waals surface area contributed by atoms with Crippen molar-refractivity contribution >= 4 is 34.5 Å². The first-order valence-corrected chi connectivity index (χ1v) is 6.43. The van der Waals surface area contributed by atoms with Crippen LogP contribution in [0.2, 0.25) is 0 Å². The van der Waals surface area contributed by atoms with E-state index in [9.17, 15) is 9.59 Å². The highest BCUT2D eigenvalue weighted by Gasteiger charge is 2.31. The Morgan fingerprint density at radius 2 is 1.94 bits per heavy atom. The lowest BCUT2D eigenvalue weighted by Gasteiger charge is -2.15. The van der Waals surface area contributed by atoms with Crippen molar-refractivity contribution in [3.63, 3.8) is 0 Å². The van der Waals surface area contributed by atoms with Crippen LogP contribution in [0, 0.1) is 9.49 Å². The van der Waals surface area contributed by atoms with Crippen molar-refractivity contribution in [1.82, 2.24) is 4.90 Å². The highest BCUT2D eigenvalue weighted by molar-refractivity contribution is 14.1. The van der Waals surface area contributed by atoms with Gasteiger partial charge in [0.1, 0.15) is 0 Å². The fourth-order valence-electron chi connectivity index (χ4n) is 1.92. The number of halogens is 1. The minimum absolute atomic E-state index is 0.0786. The molecule has 1 aromatic rings. The number of likely N-dealkylation sites (tertiary alicyclic amines) is 1. The molecule has 1 aromatic carbocycles. The minimum Gasteiger partial charge on any atom is -0.481 e. The first-order chi connectivity index (χ1) is 8.08. The lowest BCUT2D eigenvalue weighted by molar-refractivity contribution is -0.141. The van der Waals surface area contributed by atoms with Crippen molar-refractivity contribution in [2.75, 3.05) is 13.1 Å². The molecule has 1 unspecified atom stereocenters. The maximum Gasteiger partial charge on any atom is 0.308 e. The molecular formula is C12H12INO3. The van der Waals surface area contributed by atoms with Crippen LogP contribution in [0.5, 0.6) is 0 Å². The molecule has 0 radical (unpaired) electrons. The van der Waals surface area contributed by atoms with Crippen molar-refractivity contribution in [1.29, 1.82) is 0 Å². The summed E-state index contributed by atoms with van der Waals surface area (Å²) < 4.78 is 1.07. The Morgan fingerprint density at radius 1 is 1.29 bits per heavy atom. The summed E-state index contributed by atoms with van der Waals surface area (Å²) in [4.78, 5) is 24.5. The van der Waals surface area contributed by atoms with E-state index in [0.29, 0.717) is 25.1 Å². The van der Waals surface area contributed by atoms with E-state index in [4.69, 9.17) is 5.11 Å². The fourth-order valence-corrected chi connectivity index (χ4v) is 2.28. The van der Waals surface area contributed by atoms with Gasteiger partial charge in [0.15, 0.2) is 0 Å². The largest absolute Gasteiger partial charge is 0.481 e. The number of aliphatic carboxylic acids is 1. The molecule has 1 amide bonds. The van der Waals surface area contributed by atoms with Gasteiger partial charge in [0.2, 0.25) is 0 Å². The minimum atomic E-state index is -0.817. The van der Waals surface area contributed by atoms with Gasteiger partial charge in [-0.25, -0.2) is 0 Å². The number of amides is 1. The van der Waals surface area contributed by atoms with Crippen LogP contribution in [0.3, 0.4) is 0 Å². The molecule has 0 spiro atoms. The third kappa shape index (κ3) is 2.77. The lowest BCUT2D eigenvalue weighted by atomic mass is 10.1. The first-order valence-electron chi connectivity index (χ1n) is 5.35. The molecule has 1 aliphatic rings. The number of hydrogen-bond acceptors (Lipinski definition) is 2. The third-order valence-electron chi connectivity index (χ3n) is 2.92. The number of nitrogens with zero attached hydrogens (tertiary/aromatic N) is 1. The molecule has 0 aliphatic carbocycles. The smallest absolute Gasteiger partial charge is 0.308 e. The van der Waals surface area contributed by atoms with Gasteiger partial charge in [-0.3, -0.25) is 9.59 Å². The normalized spacial score (nSPS) is 19.4. The molecule has 17 heavy (non-hydrogen) atoms. The highest BCUT2D eigenvalue weighted by Crippen LogP contribution is 2.19. The van der Waals surface area contributed by atoms with Crippen LogP contribution in [-0.4, -0.2) is 35.0 Å². The molecule has 5 heteroatoms. The van der Waals surface area contributed by atoms with Crippen LogP contribution in [0.4, 0.5) is 0 Å². The Hall–Kier alpha value is -1.11. The van der Waals surface area contributed by atoms with Gasteiger partial charge in [-0.15, -0.1) is 0 Å². The maximum atomic E-state index is 12.1. The molecule has 2 rings (SSSR count). The summed E-state index contributed by atoms with van der Waals surface area (Å²) in [6.07, 6.45) is 0.547. The number of rotatable bonds is 2. The Bertz CT molecular complexity index is 444. The zero-order chi connectivity index (χ0) is 12.4. The zero-order valence-corrected chi connectivity index (χ0v) is 11.3. The number of benzene rings is 1. The van der Waals surface area contributed by atoms with E-state index in [0.717, 1.165) is 3.57 Å². The third-order valence-corrected chi connectivity index (χ3v) is 3.64. The zero-order valence-electron chi connectivity index (χ0n) is 9.10. The monoisotopic (exact) mass is 345 g/mol. The molecule has 0 aromatic heterocycles. The molecule has 1 heterocycles. The summed E-state index contributed by atoms with van der Waals surface area (Å²) in [6, 6.07) is 7.30. The van der Waals surface area contributed by atoms with Crippen LogP contribution in [0.1, 0.15) is 16.8 Å². The van der Waals surface area contributed by atoms with Crippen molar-refractivity contribution in [2.45, 2.75) is 6.42 Å². The van der Waals surface area contributed by atoms with Crippen molar-refractivity contribution in [3.05, 3.63) is 33.4 Å². The molecule has 1 atom stereocenters. The first kappa shape index (κ1) is 12.3. The average Bonchev–Trinajstić information content (AvgIpc) is 2.78. The van der Waals surface area contributed by atoms with E-state index in [-0.39, 0.29) is 5.91 Å². The number of carboxylic acid groups (broad SMARTS) is 1. The Balaban J connectivity index is 2.07. The van der Waals surface area contributed by atoms with Gasteiger partial charge in [-0.2, -0.15) is 0 Å². The average molecular weight is 345 g/mol. The molecule has 90 valence electrons. The molecule has 1 saturated heterocycles. The van der Waals surface area contributed by atoms with Crippen LogP contribution >= 0.6 is 22.6 Å². The van der Waals surface area contributed by atoms with Crippen LogP contribution in [0.25, 0.3) is 0 Å². The van der Waals surface area contributed by atoms with Crippen molar-refractivity contribution < 1.29 is 14.7 Å². The van der Waals surface area contributed by atoms with Crippen molar-refractivity contribution in [3.8, 4) is 0 Å². The standard InChI is InChI=1S/C12H12INO3/c13-10-3-1-8(2-4-10)11(15)14-6-5-9(7-14)12(16)17/h1-4,9H,5-7H2,(H,16,17). The molecule has 4 nitrogen and oxygen atoms in total. The fraction of sp³-hybridized carbons (Fsp3) is 0.333. The summed E-state index contributed by atoms with van der Waals surface area (Å²) in [5, 5.41) is 8.88. The second-order valence-corrected chi connectivity index (χ2v) is 5.33. The van der Waals surface area contributed by atoms with Crippen molar-refractivity contribution in [2.24, 2.45) is 5.92 Å². The number of hydrogen-bond donors (Lipinski definition) is 1. The van der Waals surface area contributed by atoms with Crippen LogP contribution in [0.15, 0.2) is 24.3 Å². The van der Waals surface area contributed by atoms with Gasteiger partial charge in [-0.05, 0) is 53.3 Å². The summed E-state index contributed by atoms with van der Waals surface area (Å²) in [5.41, 5.74) is 0.622. The van der Waals surface area contributed by atoms with Gasteiger partial charge < -0.3 is 10.0 Å². The number of carbonyl (C=O) groups excluding carboxylic acids is 1. The van der Waals surface area contributed by atoms with E-state index >= 15 is 0 Å². The van der Waals surface area contributed by atoms with Gasteiger partial charge in [0.05, 0.1) is 5.92 Å². The van der Waals surface area contributed by atoms with Gasteiger partial charge in [0.25, 0.3) is 5.91 Å². The molecule has 0 saturated carbocycles. The number of carbonyl (C=O) groups is 2. The quantitative estimate of drug-likeness (QED) is 0.833. The molecule has 1 N–H and O–H groups in total. The Morgan fingerprint density at radius 3 is 2.47 bits per heavy atom. The van der Waals surface area contributed by atoms with E-state index in [1.165, 1.54) is 0 Å². The van der Waals surface area contributed by atoms with Crippen LogP contribution in [-0.2, 0) is 4.79 Å². The molecular weight excluding hydrogens is 333 g/mol. The Kier molecular flexibility index (Phi) is 3.66. The second kappa shape index (κ2) is 5.03. The predicted molar refractivity (Wildman–Crippen MR) is 70.8 cm³/mol. The molecule has 0 bridgehead atoms. The second-order valence-electron chi connectivity index (χ2n) is 4.08. The highest BCUT2D eigenvalue weighted by atomic mass is 127. The van der Waals surface area contributed by atoms with Gasteiger partial charge >= 0.3 is 5.97 Å². The summed E-state index contributed by atoms with van der Waals surface area (Å²) in [6.45, 7) is 0.849. The lowest BCUT2D eigenvalue weighted by Crippen LogP contribution is -2.29. The van der Waals surface area contributed by atoms with E-state index in [2.05, 4.69) is 22.6 Å². The predicted octanol–water partition coefficient (Wildman–Crippen LogP) is 1.84. The number of carboxylic acids is 1.